The van der Waals surface area contributed by atoms with E-state index in [9.17, 15) is 4.79 Å². The molecule has 0 aliphatic rings. The standard InChI is InChI=1S/C19H18Cl2N4O2S/c1-11-4-7-16(27-3)15(8-11)22-17(26)10-28-19-24-23-18(25(19)2)12-5-6-13(20)14(21)9-12/h4-9H,10H2,1-3H3,(H,22,26). The van der Waals surface area contributed by atoms with Crippen LogP contribution >= 0.6 is 35.0 Å². The van der Waals surface area contributed by atoms with Crippen molar-refractivity contribution in [2.45, 2.75) is 12.1 Å². The van der Waals surface area contributed by atoms with Crippen molar-refractivity contribution in [3.8, 4) is 17.1 Å². The molecule has 0 radical (unpaired) electrons. The molecule has 1 N–H and O–H groups in total. The summed E-state index contributed by atoms with van der Waals surface area (Å²) in [5, 5.41) is 12.8. The van der Waals surface area contributed by atoms with Crippen LogP contribution in [0.5, 0.6) is 5.75 Å². The topological polar surface area (TPSA) is 69.0 Å². The van der Waals surface area contributed by atoms with Crippen LogP contribution in [0.4, 0.5) is 5.69 Å². The van der Waals surface area contributed by atoms with Gasteiger partial charge in [-0.15, -0.1) is 10.2 Å². The van der Waals surface area contributed by atoms with E-state index in [-0.39, 0.29) is 11.7 Å². The predicted octanol–water partition coefficient (Wildman–Crippen LogP) is 4.84. The number of carbonyl (C=O) groups excluding carboxylic acids is 1. The zero-order valence-corrected chi connectivity index (χ0v) is 17.8. The highest BCUT2D eigenvalue weighted by molar-refractivity contribution is 7.99. The molecule has 2 aromatic carbocycles. The maximum absolute atomic E-state index is 12.4. The molecule has 9 heteroatoms. The van der Waals surface area contributed by atoms with Gasteiger partial charge in [0.05, 0.1) is 28.6 Å². The SMILES string of the molecule is COc1ccc(C)cc1NC(=O)CSc1nnc(-c2ccc(Cl)c(Cl)c2)n1C. The molecule has 3 rings (SSSR count). The first kappa shape index (κ1) is 20.5. The molecule has 0 aliphatic heterocycles. The summed E-state index contributed by atoms with van der Waals surface area (Å²) < 4.78 is 7.10. The van der Waals surface area contributed by atoms with Crippen molar-refractivity contribution in [2.24, 2.45) is 7.05 Å². The number of halogens is 2. The summed E-state index contributed by atoms with van der Waals surface area (Å²) in [6.45, 7) is 1.95. The number of amides is 1. The molecule has 1 amide bonds. The molecule has 0 unspecified atom stereocenters. The molecule has 0 saturated carbocycles. The molecule has 0 saturated heterocycles. The Morgan fingerprint density at radius 1 is 1.18 bits per heavy atom. The maximum Gasteiger partial charge on any atom is 0.234 e. The van der Waals surface area contributed by atoms with Gasteiger partial charge < -0.3 is 14.6 Å². The summed E-state index contributed by atoms with van der Waals surface area (Å²) in [6, 6.07) is 10.9. The predicted molar refractivity (Wildman–Crippen MR) is 114 cm³/mol. The van der Waals surface area contributed by atoms with Crippen molar-refractivity contribution >= 4 is 46.6 Å². The van der Waals surface area contributed by atoms with Crippen LogP contribution in [0.1, 0.15) is 5.56 Å². The summed E-state index contributed by atoms with van der Waals surface area (Å²) in [7, 11) is 3.40. The number of aryl methyl sites for hydroxylation is 1. The molecular formula is C19H18Cl2N4O2S. The molecule has 0 spiro atoms. The van der Waals surface area contributed by atoms with Crippen LogP contribution in [0.3, 0.4) is 0 Å². The molecular weight excluding hydrogens is 419 g/mol. The monoisotopic (exact) mass is 436 g/mol. The number of nitrogens with zero attached hydrogens (tertiary/aromatic N) is 3. The molecule has 1 heterocycles. The number of carbonyl (C=O) groups is 1. The molecule has 146 valence electrons. The van der Waals surface area contributed by atoms with Crippen molar-refractivity contribution in [3.63, 3.8) is 0 Å². The van der Waals surface area contributed by atoms with E-state index in [1.807, 2.05) is 42.8 Å². The van der Waals surface area contributed by atoms with Crippen LogP contribution in [0.2, 0.25) is 10.0 Å². The summed E-state index contributed by atoms with van der Waals surface area (Å²) >= 11 is 13.3. The zero-order valence-electron chi connectivity index (χ0n) is 15.5. The first-order valence-electron chi connectivity index (χ1n) is 8.31. The second kappa shape index (κ2) is 8.86. The number of benzene rings is 2. The quantitative estimate of drug-likeness (QED) is 0.559. The molecule has 28 heavy (non-hydrogen) atoms. The largest absolute Gasteiger partial charge is 0.495 e. The van der Waals surface area contributed by atoms with Gasteiger partial charge in [-0.3, -0.25) is 4.79 Å². The van der Waals surface area contributed by atoms with Crippen molar-refractivity contribution in [3.05, 3.63) is 52.0 Å². The minimum Gasteiger partial charge on any atom is -0.495 e. The van der Waals surface area contributed by atoms with E-state index >= 15 is 0 Å². The Morgan fingerprint density at radius 2 is 1.96 bits per heavy atom. The molecule has 0 fully saturated rings. The molecule has 3 aromatic rings. The van der Waals surface area contributed by atoms with Gasteiger partial charge in [0.25, 0.3) is 0 Å². The lowest BCUT2D eigenvalue weighted by Crippen LogP contribution is -2.15. The van der Waals surface area contributed by atoms with Crippen molar-refractivity contribution in [2.75, 3.05) is 18.2 Å². The summed E-state index contributed by atoms with van der Waals surface area (Å²) in [5.74, 6) is 1.28. The van der Waals surface area contributed by atoms with E-state index in [1.54, 1.807) is 19.2 Å². The number of rotatable bonds is 6. The van der Waals surface area contributed by atoms with E-state index in [4.69, 9.17) is 27.9 Å². The number of aromatic nitrogens is 3. The zero-order chi connectivity index (χ0) is 20.3. The summed E-state index contributed by atoms with van der Waals surface area (Å²) in [4.78, 5) is 12.4. The first-order chi connectivity index (χ1) is 13.4. The fourth-order valence-corrected chi connectivity index (χ4v) is 3.57. The van der Waals surface area contributed by atoms with E-state index in [2.05, 4.69) is 15.5 Å². The molecule has 0 bridgehead atoms. The molecule has 0 aliphatic carbocycles. The lowest BCUT2D eigenvalue weighted by atomic mass is 10.2. The lowest BCUT2D eigenvalue weighted by Gasteiger charge is -2.11. The normalized spacial score (nSPS) is 10.8. The van der Waals surface area contributed by atoms with Gasteiger partial charge in [0.1, 0.15) is 5.75 Å². The summed E-state index contributed by atoms with van der Waals surface area (Å²) in [6.07, 6.45) is 0. The van der Waals surface area contributed by atoms with E-state index in [0.29, 0.717) is 32.5 Å². The van der Waals surface area contributed by atoms with Gasteiger partial charge in [-0.1, -0.05) is 41.0 Å². The van der Waals surface area contributed by atoms with Crippen LogP contribution in [-0.2, 0) is 11.8 Å². The number of anilines is 1. The van der Waals surface area contributed by atoms with Gasteiger partial charge in [0.2, 0.25) is 5.91 Å². The fraction of sp³-hybridized carbons (Fsp3) is 0.211. The highest BCUT2D eigenvalue weighted by Crippen LogP contribution is 2.29. The van der Waals surface area contributed by atoms with Crippen molar-refractivity contribution in [1.29, 1.82) is 0 Å². The highest BCUT2D eigenvalue weighted by atomic mass is 35.5. The maximum atomic E-state index is 12.4. The minimum absolute atomic E-state index is 0.159. The highest BCUT2D eigenvalue weighted by Gasteiger charge is 2.15. The van der Waals surface area contributed by atoms with Crippen molar-refractivity contribution in [1.82, 2.24) is 14.8 Å². The molecule has 6 nitrogen and oxygen atoms in total. The Kier molecular flexibility index (Phi) is 6.49. The number of thioether (sulfide) groups is 1. The molecule has 0 atom stereocenters. The third kappa shape index (κ3) is 4.60. The fourth-order valence-electron chi connectivity index (χ4n) is 2.56. The number of methoxy groups -OCH3 is 1. The van der Waals surface area contributed by atoms with Gasteiger partial charge in [0.15, 0.2) is 11.0 Å². The third-order valence-electron chi connectivity index (χ3n) is 3.97. The Morgan fingerprint density at radius 3 is 2.68 bits per heavy atom. The Hall–Kier alpha value is -2.22. The third-order valence-corrected chi connectivity index (χ3v) is 5.73. The number of hydrogen-bond donors (Lipinski definition) is 1. The second-order valence-electron chi connectivity index (χ2n) is 6.03. The average molecular weight is 437 g/mol. The number of nitrogens with one attached hydrogen (secondary N) is 1. The van der Waals surface area contributed by atoms with Crippen LogP contribution in [0.15, 0.2) is 41.6 Å². The Labute approximate surface area is 177 Å². The first-order valence-corrected chi connectivity index (χ1v) is 10.1. The number of ether oxygens (including phenoxy) is 1. The lowest BCUT2D eigenvalue weighted by molar-refractivity contribution is -0.113. The molecule has 1 aromatic heterocycles. The van der Waals surface area contributed by atoms with Gasteiger partial charge in [0, 0.05) is 12.6 Å². The van der Waals surface area contributed by atoms with Crippen LogP contribution in [0, 0.1) is 6.92 Å². The van der Waals surface area contributed by atoms with Crippen LogP contribution in [-0.4, -0.2) is 33.5 Å². The van der Waals surface area contributed by atoms with Crippen LogP contribution < -0.4 is 10.1 Å². The Bertz CT molecular complexity index is 1020. The average Bonchev–Trinajstić information content (AvgIpc) is 3.03. The van der Waals surface area contributed by atoms with Gasteiger partial charge >= 0.3 is 0 Å². The summed E-state index contributed by atoms with van der Waals surface area (Å²) in [5.41, 5.74) is 2.47. The van der Waals surface area contributed by atoms with E-state index in [1.165, 1.54) is 11.8 Å². The second-order valence-corrected chi connectivity index (χ2v) is 7.79. The van der Waals surface area contributed by atoms with Gasteiger partial charge in [-0.25, -0.2) is 0 Å². The van der Waals surface area contributed by atoms with Crippen LogP contribution in [0.25, 0.3) is 11.4 Å². The van der Waals surface area contributed by atoms with Crippen molar-refractivity contribution < 1.29 is 9.53 Å². The minimum atomic E-state index is -0.159. The van der Waals surface area contributed by atoms with Gasteiger partial charge in [-0.05, 0) is 42.8 Å². The smallest absolute Gasteiger partial charge is 0.234 e. The van der Waals surface area contributed by atoms with E-state index < -0.39 is 0 Å². The van der Waals surface area contributed by atoms with Gasteiger partial charge in [-0.2, -0.15) is 0 Å². The Balaban J connectivity index is 1.68. The van der Waals surface area contributed by atoms with E-state index in [0.717, 1.165) is 11.1 Å². The number of hydrogen-bond acceptors (Lipinski definition) is 5.